The van der Waals surface area contributed by atoms with Gasteiger partial charge in [0.05, 0.1) is 13.7 Å². The van der Waals surface area contributed by atoms with Crippen LogP contribution in [0.4, 0.5) is 0 Å². The second kappa shape index (κ2) is 6.69. The maximum atomic E-state index is 12.1. The molecular formula is C11H18N2O4S. The summed E-state index contributed by atoms with van der Waals surface area (Å²) in [6.45, 7) is 0.775. The van der Waals surface area contributed by atoms with E-state index in [1.165, 1.54) is 20.3 Å². The maximum absolute atomic E-state index is 12.1. The summed E-state index contributed by atoms with van der Waals surface area (Å²) in [6.07, 6.45) is 0. The molecule has 1 aromatic carbocycles. The van der Waals surface area contributed by atoms with E-state index in [9.17, 15) is 8.42 Å². The van der Waals surface area contributed by atoms with Crippen molar-refractivity contribution in [3.63, 3.8) is 0 Å². The van der Waals surface area contributed by atoms with Gasteiger partial charge in [-0.25, -0.2) is 13.1 Å². The lowest BCUT2D eigenvalue weighted by atomic mass is 10.2. The van der Waals surface area contributed by atoms with Crippen LogP contribution in [0.5, 0.6) is 5.75 Å². The average Bonchev–Trinajstić information content (AvgIpc) is 2.38. The molecule has 0 amide bonds. The van der Waals surface area contributed by atoms with Crippen molar-refractivity contribution in [3.05, 3.63) is 23.8 Å². The zero-order valence-corrected chi connectivity index (χ0v) is 11.3. The van der Waals surface area contributed by atoms with Crippen LogP contribution in [0, 0.1) is 0 Å². The van der Waals surface area contributed by atoms with Gasteiger partial charge in [-0.15, -0.1) is 0 Å². The molecule has 0 aliphatic heterocycles. The molecule has 0 aliphatic carbocycles. The Labute approximate surface area is 107 Å². The minimum Gasteiger partial charge on any atom is -0.495 e. The van der Waals surface area contributed by atoms with Crippen molar-refractivity contribution in [3.8, 4) is 5.75 Å². The number of benzene rings is 1. The van der Waals surface area contributed by atoms with Gasteiger partial charge in [-0.1, -0.05) is 6.07 Å². The van der Waals surface area contributed by atoms with Crippen molar-refractivity contribution < 1.29 is 17.9 Å². The SMILES string of the molecule is COCCNS(=O)(=O)c1cc(CN)ccc1OC. The van der Waals surface area contributed by atoms with E-state index >= 15 is 0 Å². The molecule has 102 valence electrons. The Bertz CT molecular complexity index is 488. The first kappa shape index (κ1) is 14.9. The summed E-state index contributed by atoms with van der Waals surface area (Å²) in [5.41, 5.74) is 6.22. The number of sulfonamides is 1. The molecule has 0 spiro atoms. The van der Waals surface area contributed by atoms with Crippen molar-refractivity contribution >= 4 is 10.0 Å². The summed E-state index contributed by atoms with van der Waals surface area (Å²) in [4.78, 5) is 0.0871. The molecule has 7 heteroatoms. The molecule has 0 heterocycles. The van der Waals surface area contributed by atoms with Crippen LogP contribution in [-0.2, 0) is 21.3 Å². The van der Waals surface area contributed by atoms with Crippen LogP contribution in [-0.4, -0.2) is 35.8 Å². The first-order valence-electron chi connectivity index (χ1n) is 5.40. The van der Waals surface area contributed by atoms with E-state index in [4.69, 9.17) is 15.2 Å². The molecule has 0 aliphatic rings. The van der Waals surface area contributed by atoms with Crippen molar-refractivity contribution in [1.82, 2.24) is 4.72 Å². The van der Waals surface area contributed by atoms with Gasteiger partial charge in [-0.2, -0.15) is 0 Å². The monoisotopic (exact) mass is 274 g/mol. The fraction of sp³-hybridized carbons (Fsp3) is 0.455. The number of rotatable bonds is 7. The second-order valence-electron chi connectivity index (χ2n) is 3.58. The fourth-order valence-electron chi connectivity index (χ4n) is 1.41. The highest BCUT2D eigenvalue weighted by atomic mass is 32.2. The topological polar surface area (TPSA) is 90.7 Å². The summed E-state index contributed by atoms with van der Waals surface area (Å²) in [5, 5.41) is 0. The van der Waals surface area contributed by atoms with Crippen molar-refractivity contribution in [1.29, 1.82) is 0 Å². The zero-order valence-electron chi connectivity index (χ0n) is 10.5. The Hall–Kier alpha value is -1.15. The molecule has 0 fully saturated rings. The zero-order chi connectivity index (χ0) is 13.6. The first-order valence-corrected chi connectivity index (χ1v) is 6.89. The predicted octanol–water partition coefficient (Wildman–Crippen LogP) is 0.0786. The highest BCUT2D eigenvalue weighted by Crippen LogP contribution is 2.24. The molecule has 0 unspecified atom stereocenters. The van der Waals surface area contributed by atoms with Crippen LogP contribution in [0.25, 0.3) is 0 Å². The Morgan fingerprint density at radius 1 is 1.33 bits per heavy atom. The summed E-state index contributed by atoms with van der Waals surface area (Å²) in [6, 6.07) is 4.83. The first-order chi connectivity index (χ1) is 8.55. The van der Waals surface area contributed by atoms with E-state index in [1.807, 2.05) is 0 Å². The van der Waals surface area contributed by atoms with E-state index in [0.29, 0.717) is 6.61 Å². The third kappa shape index (κ3) is 3.67. The third-order valence-electron chi connectivity index (χ3n) is 2.35. The number of nitrogens with one attached hydrogen (secondary N) is 1. The van der Waals surface area contributed by atoms with Crippen LogP contribution in [0.2, 0.25) is 0 Å². The summed E-state index contributed by atoms with van der Waals surface area (Å²) in [7, 11) is -0.692. The number of ether oxygens (including phenoxy) is 2. The second-order valence-corrected chi connectivity index (χ2v) is 5.32. The number of hydrogen-bond donors (Lipinski definition) is 2. The molecule has 6 nitrogen and oxygen atoms in total. The highest BCUT2D eigenvalue weighted by Gasteiger charge is 2.19. The molecule has 0 aromatic heterocycles. The Balaban J connectivity index is 3.05. The Kier molecular flexibility index (Phi) is 5.54. The number of hydrogen-bond acceptors (Lipinski definition) is 5. The normalized spacial score (nSPS) is 11.5. The smallest absolute Gasteiger partial charge is 0.244 e. The van der Waals surface area contributed by atoms with Crippen molar-refractivity contribution in [2.45, 2.75) is 11.4 Å². The molecule has 18 heavy (non-hydrogen) atoms. The van der Waals surface area contributed by atoms with Gasteiger partial charge in [0.15, 0.2) is 0 Å². The lowest BCUT2D eigenvalue weighted by Crippen LogP contribution is -2.27. The third-order valence-corrected chi connectivity index (χ3v) is 3.83. The van der Waals surface area contributed by atoms with E-state index in [-0.39, 0.29) is 23.7 Å². The molecule has 0 saturated carbocycles. The van der Waals surface area contributed by atoms with Crippen molar-refractivity contribution in [2.75, 3.05) is 27.4 Å². The van der Waals surface area contributed by atoms with Crippen LogP contribution >= 0.6 is 0 Å². The quantitative estimate of drug-likeness (QED) is 0.687. The van der Waals surface area contributed by atoms with E-state index in [2.05, 4.69) is 4.72 Å². The van der Waals surface area contributed by atoms with Gasteiger partial charge in [0.2, 0.25) is 10.0 Å². The maximum Gasteiger partial charge on any atom is 0.244 e. The molecule has 0 bridgehead atoms. The molecule has 1 aromatic rings. The van der Waals surface area contributed by atoms with Crippen LogP contribution < -0.4 is 15.2 Å². The average molecular weight is 274 g/mol. The van der Waals surface area contributed by atoms with Crippen molar-refractivity contribution in [2.24, 2.45) is 5.73 Å². The van der Waals surface area contributed by atoms with Gasteiger partial charge in [0.25, 0.3) is 0 Å². The molecule has 0 saturated heterocycles. The minimum absolute atomic E-state index is 0.0871. The van der Waals surface area contributed by atoms with Gasteiger partial charge >= 0.3 is 0 Å². The minimum atomic E-state index is -3.62. The number of nitrogens with two attached hydrogens (primary N) is 1. The summed E-state index contributed by atoms with van der Waals surface area (Å²) in [5.74, 6) is 0.289. The number of methoxy groups -OCH3 is 2. The summed E-state index contributed by atoms with van der Waals surface area (Å²) < 4.78 is 36.4. The van der Waals surface area contributed by atoms with E-state index in [1.54, 1.807) is 12.1 Å². The van der Waals surface area contributed by atoms with Crippen LogP contribution in [0.1, 0.15) is 5.56 Å². The van der Waals surface area contributed by atoms with Gasteiger partial charge < -0.3 is 15.2 Å². The molecular weight excluding hydrogens is 256 g/mol. The molecule has 3 N–H and O–H groups in total. The summed E-state index contributed by atoms with van der Waals surface area (Å²) >= 11 is 0. The van der Waals surface area contributed by atoms with Crippen LogP contribution in [0.15, 0.2) is 23.1 Å². The molecule has 1 rings (SSSR count). The van der Waals surface area contributed by atoms with E-state index in [0.717, 1.165) is 5.56 Å². The standard InChI is InChI=1S/C11H18N2O4S/c1-16-6-5-13-18(14,15)11-7-9(8-12)3-4-10(11)17-2/h3-4,7,13H,5-6,8,12H2,1-2H3. The van der Waals surface area contributed by atoms with Gasteiger partial charge in [-0.05, 0) is 17.7 Å². The lowest BCUT2D eigenvalue weighted by molar-refractivity contribution is 0.204. The lowest BCUT2D eigenvalue weighted by Gasteiger charge is -2.11. The fourth-order valence-corrected chi connectivity index (χ4v) is 2.64. The van der Waals surface area contributed by atoms with Gasteiger partial charge in [-0.3, -0.25) is 0 Å². The molecule has 0 radical (unpaired) electrons. The Morgan fingerprint density at radius 3 is 2.61 bits per heavy atom. The molecule has 0 atom stereocenters. The van der Waals surface area contributed by atoms with E-state index < -0.39 is 10.0 Å². The largest absolute Gasteiger partial charge is 0.495 e. The Morgan fingerprint density at radius 2 is 2.06 bits per heavy atom. The predicted molar refractivity (Wildman–Crippen MR) is 67.9 cm³/mol. The van der Waals surface area contributed by atoms with Gasteiger partial charge in [0.1, 0.15) is 10.6 Å². The van der Waals surface area contributed by atoms with Crippen LogP contribution in [0.3, 0.4) is 0 Å². The highest BCUT2D eigenvalue weighted by molar-refractivity contribution is 7.89. The van der Waals surface area contributed by atoms with Gasteiger partial charge in [0, 0.05) is 20.2 Å².